The van der Waals surface area contributed by atoms with Gasteiger partial charge < -0.3 is 10.3 Å². The molecule has 8 nitrogen and oxygen atoms in total. The van der Waals surface area contributed by atoms with Crippen LogP contribution in [0.5, 0.6) is 0 Å². The maximum Gasteiger partial charge on any atom is 0.420 e. The second kappa shape index (κ2) is 8.10. The summed E-state index contributed by atoms with van der Waals surface area (Å²) < 4.78 is 40.8. The fraction of sp³-hybridized carbons (Fsp3) is 0.0870. The highest BCUT2D eigenvalue weighted by Gasteiger charge is 2.36. The maximum absolute atomic E-state index is 13.6. The van der Waals surface area contributed by atoms with Crippen molar-refractivity contribution in [1.29, 1.82) is 0 Å². The van der Waals surface area contributed by atoms with E-state index >= 15 is 0 Å². The van der Waals surface area contributed by atoms with Crippen molar-refractivity contribution in [3.63, 3.8) is 0 Å². The fourth-order valence-electron chi connectivity index (χ4n) is 3.61. The Morgan fingerprint density at radius 1 is 1.00 bits per heavy atom. The predicted octanol–water partition coefficient (Wildman–Crippen LogP) is 4.79. The van der Waals surface area contributed by atoms with E-state index in [0.29, 0.717) is 11.1 Å². The SMILES string of the molecule is Cc1cc(-c2cnc3[nH]ccc3c2)ccc1C(=O)Nc1cnc(-n2nccn2)c(C(F)(F)F)c1. The number of carbonyl (C=O) groups is 1. The van der Waals surface area contributed by atoms with Crippen molar-refractivity contribution in [1.82, 2.24) is 29.9 Å². The molecule has 0 aliphatic heterocycles. The minimum atomic E-state index is -4.72. The molecule has 0 unspecified atom stereocenters. The lowest BCUT2D eigenvalue weighted by Gasteiger charge is -2.14. The summed E-state index contributed by atoms with van der Waals surface area (Å²) in [6, 6.07) is 9.93. The topological polar surface area (TPSA) is 101 Å². The van der Waals surface area contributed by atoms with Crippen molar-refractivity contribution < 1.29 is 18.0 Å². The second-order valence-electron chi connectivity index (χ2n) is 7.53. The first-order valence-corrected chi connectivity index (χ1v) is 10.1. The molecule has 0 saturated carbocycles. The van der Waals surface area contributed by atoms with Gasteiger partial charge >= 0.3 is 6.18 Å². The first-order valence-electron chi connectivity index (χ1n) is 10.1. The molecular formula is C23H16F3N7O. The van der Waals surface area contributed by atoms with E-state index in [9.17, 15) is 18.0 Å². The van der Waals surface area contributed by atoms with Crippen LogP contribution < -0.4 is 5.32 Å². The quantitative estimate of drug-likeness (QED) is 0.399. The van der Waals surface area contributed by atoms with E-state index in [-0.39, 0.29) is 5.69 Å². The van der Waals surface area contributed by atoms with Crippen molar-refractivity contribution >= 4 is 22.6 Å². The van der Waals surface area contributed by atoms with E-state index in [0.717, 1.165) is 39.2 Å². The van der Waals surface area contributed by atoms with Gasteiger partial charge in [-0.1, -0.05) is 12.1 Å². The van der Waals surface area contributed by atoms with Gasteiger partial charge in [-0.25, -0.2) is 9.97 Å². The summed E-state index contributed by atoms with van der Waals surface area (Å²) in [6.07, 6.45) is 2.44. The Hall–Kier alpha value is -4.54. The van der Waals surface area contributed by atoms with Gasteiger partial charge in [0.1, 0.15) is 11.2 Å². The zero-order valence-electron chi connectivity index (χ0n) is 17.6. The third kappa shape index (κ3) is 3.98. The molecule has 5 rings (SSSR count). The van der Waals surface area contributed by atoms with Crippen LogP contribution >= 0.6 is 0 Å². The van der Waals surface area contributed by atoms with Crippen LogP contribution in [-0.4, -0.2) is 35.9 Å². The van der Waals surface area contributed by atoms with Gasteiger partial charge in [0.15, 0.2) is 5.82 Å². The molecule has 1 aromatic carbocycles. The number of aromatic nitrogens is 6. The molecule has 0 bridgehead atoms. The minimum Gasteiger partial charge on any atom is -0.346 e. The van der Waals surface area contributed by atoms with Crippen molar-refractivity contribution in [3.8, 4) is 16.9 Å². The molecule has 0 fully saturated rings. The number of aromatic amines is 1. The van der Waals surface area contributed by atoms with Gasteiger partial charge in [0.05, 0.1) is 24.3 Å². The van der Waals surface area contributed by atoms with Crippen LogP contribution in [0.25, 0.3) is 28.0 Å². The highest BCUT2D eigenvalue weighted by Crippen LogP contribution is 2.34. The molecule has 2 N–H and O–H groups in total. The summed E-state index contributed by atoms with van der Waals surface area (Å²) in [5, 5.41) is 10.9. The van der Waals surface area contributed by atoms with E-state index in [2.05, 4.69) is 30.5 Å². The van der Waals surface area contributed by atoms with E-state index in [1.807, 2.05) is 18.2 Å². The number of nitrogens with zero attached hydrogens (tertiary/aromatic N) is 5. The normalized spacial score (nSPS) is 11.6. The van der Waals surface area contributed by atoms with E-state index in [1.54, 1.807) is 31.5 Å². The average Bonchev–Trinajstić information content (AvgIpc) is 3.50. The number of pyridine rings is 2. The summed E-state index contributed by atoms with van der Waals surface area (Å²) in [7, 11) is 0. The number of hydrogen-bond acceptors (Lipinski definition) is 5. The number of carbonyl (C=O) groups excluding carboxylic acids is 1. The van der Waals surface area contributed by atoms with Gasteiger partial charge in [0, 0.05) is 28.9 Å². The Morgan fingerprint density at radius 2 is 1.79 bits per heavy atom. The number of halogens is 3. The second-order valence-corrected chi connectivity index (χ2v) is 7.53. The number of amides is 1. The largest absolute Gasteiger partial charge is 0.420 e. The molecule has 0 saturated heterocycles. The van der Waals surface area contributed by atoms with Crippen LogP contribution in [0.3, 0.4) is 0 Å². The molecule has 170 valence electrons. The summed E-state index contributed by atoms with van der Waals surface area (Å²) in [6.45, 7) is 1.76. The number of alkyl halides is 3. The van der Waals surface area contributed by atoms with Gasteiger partial charge in [0.2, 0.25) is 0 Å². The number of benzene rings is 1. The average molecular weight is 463 g/mol. The van der Waals surface area contributed by atoms with E-state index in [1.165, 1.54) is 12.4 Å². The highest BCUT2D eigenvalue weighted by molar-refractivity contribution is 6.05. The first kappa shape index (κ1) is 21.3. The van der Waals surface area contributed by atoms with Crippen LogP contribution in [0.15, 0.2) is 67.4 Å². The minimum absolute atomic E-state index is 0.0983. The molecule has 0 aliphatic rings. The Morgan fingerprint density at radius 3 is 2.53 bits per heavy atom. The van der Waals surface area contributed by atoms with Crippen LogP contribution in [-0.2, 0) is 6.18 Å². The zero-order chi connectivity index (χ0) is 23.9. The van der Waals surface area contributed by atoms with E-state index in [4.69, 9.17) is 0 Å². The van der Waals surface area contributed by atoms with Gasteiger partial charge in [-0.3, -0.25) is 4.79 Å². The molecule has 4 aromatic heterocycles. The molecule has 0 radical (unpaired) electrons. The number of fused-ring (bicyclic) bond motifs is 1. The van der Waals surface area contributed by atoms with Crippen molar-refractivity contribution in [2.75, 3.05) is 5.32 Å². The van der Waals surface area contributed by atoms with Crippen molar-refractivity contribution in [3.05, 3.63) is 84.1 Å². The Kier molecular flexibility index (Phi) is 5.08. The number of aryl methyl sites for hydroxylation is 1. The van der Waals surface area contributed by atoms with Crippen LogP contribution in [0.4, 0.5) is 18.9 Å². The van der Waals surface area contributed by atoms with Crippen LogP contribution in [0, 0.1) is 6.92 Å². The molecule has 4 heterocycles. The van der Waals surface area contributed by atoms with Crippen LogP contribution in [0.2, 0.25) is 0 Å². The van der Waals surface area contributed by atoms with Crippen molar-refractivity contribution in [2.24, 2.45) is 0 Å². The molecule has 1 amide bonds. The van der Waals surface area contributed by atoms with Gasteiger partial charge in [0.25, 0.3) is 5.91 Å². The zero-order valence-corrected chi connectivity index (χ0v) is 17.6. The fourth-order valence-corrected chi connectivity index (χ4v) is 3.61. The summed E-state index contributed by atoms with van der Waals surface area (Å²) in [5.74, 6) is -1.04. The van der Waals surface area contributed by atoms with Crippen LogP contribution in [0.1, 0.15) is 21.5 Å². The Labute approximate surface area is 190 Å². The molecule has 0 aliphatic carbocycles. The smallest absolute Gasteiger partial charge is 0.346 e. The van der Waals surface area contributed by atoms with Crippen molar-refractivity contribution in [2.45, 2.75) is 13.1 Å². The molecule has 0 atom stereocenters. The molecule has 11 heteroatoms. The summed E-state index contributed by atoms with van der Waals surface area (Å²) in [5.41, 5.74) is 2.33. The third-order valence-corrected chi connectivity index (χ3v) is 5.24. The number of rotatable bonds is 4. The van der Waals surface area contributed by atoms with E-state index < -0.39 is 23.5 Å². The lowest BCUT2D eigenvalue weighted by Crippen LogP contribution is -2.17. The number of H-pyrrole nitrogens is 1. The standard InChI is InChI=1S/C23H16F3N7O/c1-13-8-14(16-9-15-4-5-27-20(15)28-11-16)2-3-18(13)22(34)32-17-10-19(23(24,25)26)21(29-12-17)33-30-6-7-31-33/h2-12H,1H3,(H,27,28)(H,32,34). The lowest BCUT2D eigenvalue weighted by molar-refractivity contribution is -0.137. The third-order valence-electron chi connectivity index (χ3n) is 5.24. The van der Waals surface area contributed by atoms with Gasteiger partial charge in [-0.05, 0) is 42.3 Å². The Balaban J connectivity index is 1.42. The number of nitrogens with one attached hydrogen (secondary N) is 2. The highest BCUT2D eigenvalue weighted by atomic mass is 19.4. The molecular weight excluding hydrogens is 447 g/mol. The summed E-state index contributed by atoms with van der Waals surface area (Å²) in [4.78, 5) is 24.8. The number of hydrogen-bond donors (Lipinski definition) is 2. The number of anilines is 1. The Bertz CT molecular complexity index is 1510. The maximum atomic E-state index is 13.6. The molecule has 34 heavy (non-hydrogen) atoms. The van der Waals surface area contributed by atoms with Gasteiger partial charge in [-0.15, -0.1) is 4.80 Å². The molecule has 5 aromatic rings. The predicted molar refractivity (Wildman–Crippen MR) is 118 cm³/mol. The monoisotopic (exact) mass is 463 g/mol. The lowest BCUT2D eigenvalue weighted by atomic mass is 10.00. The molecule has 0 spiro atoms. The summed E-state index contributed by atoms with van der Waals surface area (Å²) >= 11 is 0. The van der Waals surface area contributed by atoms with Gasteiger partial charge in [-0.2, -0.15) is 23.4 Å². The first-order chi connectivity index (χ1) is 16.3.